The monoisotopic (exact) mass is 420 g/mol. The van der Waals surface area contributed by atoms with Crippen molar-refractivity contribution >= 4 is 35.8 Å². The van der Waals surface area contributed by atoms with Gasteiger partial charge in [0, 0.05) is 19.6 Å². The summed E-state index contributed by atoms with van der Waals surface area (Å²) in [5.74, 6) is 1.04. The summed E-state index contributed by atoms with van der Waals surface area (Å²) in [4.78, 5) is 17.7. The fourth-order valence-corrected chi connectivity index (χ4v) is 1.80. The lowest BCUT2D eigenvalue weighted by molar-refractivity contribution is -0.119. The molecule has 7 heteroatoms. The van der Waals surface area contributed by atoms with E-state index in [9.17, 15) is 4.79 Å². The lowest BCUT2D eigenvalue weighted by Crippen LogP contribution is -2.38. The van der Waals surface area contributed by atoms with Gasteiger partial charge in [-0.05, 0) is 31.5 Å². The van der Waals surface area contributed by atoms with Crippen LogP contribution in [0.3, 0.4) is 0 Å². The first-order chi connectivity index (χ1) is 10.1. The summed E-state index contributed by atoms with van der Waals surface area (Å²) in [5, 5.41) is 2.81. The Morgan fingerprint density at radius 2 is 1.86 bits per heavy atom. The number of guanidine groups is 1. The van der Waals surface area contributed by atoms with Gasteiger partial charge in [-0.2, -0.15) is 0 Å². The minimum Gasteiger partial charge on any atom is -0.497 e. The van der Waals surface area contributed by atoms with Gasteiger partial charge in [0.15, 0.2) is 5.96 Å². The third kappa shape index (κ3) is 6.97. The number of aliphatic imine (C=N–C) groups is 1. The largest absolute Gasteiger partial charge is 0.497 e. The van der Waals surface area contributed by atoms with Crippen molar-refractivity contribution in [2.24, 2.45) is 10.7 Å². The molecule has 0 aliphatic carbocycles. The number of carbonyl (C=O) groups excluding carboxylic acids is 1. The summed E-state index contributed by atoms with van der Waals surface area (Å²) in [6.07, 6.45) is 0. The summed E-state index contributed by atoms with van der Waals surface area (Å²) < 4.78 is 5.08. The van der Waals surface area contributed by atoms with Crippen LogP contribution in [0.5, 0.6) is 5.75 Å². The topological polar surface area (TPSA) is 80.0 Å². The zero-order chi connectivity index (χ0) is 15.7. The molecule has 3 N–H and O–H groups in total. The van der Waals surface area contributed by atoms with Crippen LogP contribution in [0, 0.1) is 0 Å². The minimum atomic E-state index is -0.152. The molecule has 0 saturated heterocycles. The molecular weight excluding hydrogens is 395 g/mol. The van der Waals surface area contributed by atoms with Crippen LogP contribution < -0.4 is 15.8 Å². The minimum absolute atomic E-state index is 0. The fourth-order valence-electron chi connectivity index (χ4n) is 1.80. The molecule has 0 bridgehead atoms. The van der Waals surface area contributed by atoms with Crippen LogP contribution >= 0.6 is 24.0 Å². The van der Waals surface area contributed by atoms with E-state index in [0.717, 1.165) is 24.4 Å². The molecule has 0 atom stereocenters. The summed E-state index contributed by atoms with van der Waals surface area (Å²) in [6, 6.07) is 7.54. The Bertz CT molecular complexity index is 473. The molecule has 0 aromatic heterocycles. The average Bonchev–Trinajstić information content (AvgIpc) is 2.52. The Morgan fingerprint density at radius 1 is 1.27 bits per heavy atom. The lowest BCUT2D eigenvalue weighted by atomic mass is 10.2. The lowest BCUT2D eigenvalue weighted by Gasteiger charge is -2.19. The molecule has 0 saturated carbocycles. The van der Waals surface area contributed by atoms with Gasteiger partial charge in [0.05, 0.1) is 7.11 Å². The van der Waals surface area contributed by atoms with Crippen LogP contribution in [-0.4, -0.2) is 43.5 Å². The number of nitrogens with zero attached hydrogens (tertiary/aromatic N) is 2. The number of rotatable bonds is 7. The zero-order valence-corrected chi connectivity index (χ0v) is 15.7. The molecule has 0 unspecified atom stereocenters. The van der Waals surface area contributed by atoms with Gasteiger partial charge in [-0.1, -0.05) is 12.1 Å². The Labute approximate surface area is 149 Å². The van der Waals surface area contributed by atoms with Gasteiger partial charge in [0.1, 0.15) is 12.3 Å². The van der Waals surface area contributed by atoms with Gasteiger partial charge < -0.3 is 20.7 Å². The predicted molar refractivity (Wildman–Crippen MR) is 99.7 cm³/mol. The van der Waals surface area contributed by atoms with E-state index in [1.165, 1.54) is 0 Å². The normalized spacial score (nSPS) is 10.6. The molecule has 1 aromatic carbocycles. The Kier molecular flexibility index (Phi) is 10.3. The molecule has 0 fully saturated rings. The van der Waals surface area contributed by atoms with Gasteiger partial charge >= 0.3 is 0 Å². The fraction of sp³-hybridized carbons (Fsp3) is 0.467. The molecule has 22 heavy (non-hydrogen) atoms. The highest BCUT2D eigenvalue weighted by atomic mass is 127. The van der Waals surface area contributed by atoms with Crippen molar-refractivity contribution in [3.63, 3.8) is 0 Å². The zero-order valence-electron chi connectivity index (χ0n) is 13.3. The first-order valence-electron chi connectivity index (χ1n) is 7.05. The van der Waals surface area contributed by atoms with Crippen LogP contribution in [0.15, 0.2) is 29.3 Å². The average molecular weight is 420 g/mol. The first-order valence-corrected chi connectivity index (χ1v) is 7.05. The standard InChI is InChI=1S/C15H24N4O2.HI/c1-4-19(5-2)15(16)18-11-14(20)17-10-12-6-8-13(21-3)9-7-12;/h6-9H,4-5,10-11H2,1-3H3,(H2,16,18)(H,17,20);1H. The molecule has 0 aliphatic heterocycles. The van der Waals surface area contributed by atoms with Crippen LogP contribution in [-0.2, 0) is 11.3 Å². The van der Waals surface area contributed by atoms with Gasteiger partial charge in [-0.25, -0.2) is 4.99 Å². The molecule has 1 amide bonds. The van der Waals surface area contributed by atoms with Crippen molar-refractivity contribution in [1.29, 1.82) is 0 Å². The summed E-state index contributed by atoms with van der Waals surface area (Å²) >= 11 is 0. The van der Waals surface area contributed by atoms with Gasteiger partial charge in [-0.3, -0.25) is 4.79 Å². The molecule has 0 radical (unpaired) electrons. The van der Waals surface area contributed by atoms with E-state index in [4.69, 9.17) is 10.5 Å². The van der Waals surface area contributed by atoms with Crippen molar-refractivity contribution in [3.05, 3.63) is 29.8 Å². The highest BCUT2D eigenvalue weighted by molar-refractivity contribution is 14.0. The summed E-state index contributed by atoms with van der Waals surface area (Å²) in [6.45, 7) is 6.05. The van der Waals surface area contributed by atoms with E-state index in [1.807, 2.05) is 43.0 Å². The number of hydrogen-bond acceptors (Lipinski definition) is 3. The summed E-state index contributed by atoms with van der Waals surface area (Å²) in [7, 11) is 1.62. The van der Waals surface area contributed by atoms with E-state index >= 15 is 0 Å². The predicted octanol–water partition coefficient (Wildman–Crippen LogP) is 1.59. The Balaban J connectivity index is 0.00000441. The van der Waals surface area contributed by atoms with E-state index in [-0.39, 0.29) is 36.4 Å². The maximum atomic E-state index is 11.7. The van der Waals surface area contributed by atoms with E-state index in [1.54, 1.807) is 7.11 Å². The quantitative estimate of drug-likeness (QED) is 0.399. The molecule has 0 aliphatic rings. The number of hydrogen-bond donors (Lipinski definition) is 2. The van der Waals surface area contributed by atoms with Gasteiger partial charge in [0.2, 0.25) is 5.91 Å². The number of carbonyl (C=O) groups is 1. The second-order valence-corrected chi connectivity index (χ2v) is 4.47. The molecular formula is C15H25IN4O2. The molecule has 0 heterocycles. The Morgan fingerprint density at radius 3 is 2.36 bits per heavy atom. The van der Waals surface area contributed by atoms with E-state index < -0.39 is 0 Å². The number of methoxy groups -OCH3 is 1. The van der Waals surface area contributed by atoms with Crippen LogP contribution in [0.2, 0.25) is 0 Å². The second-order valence-electron chi connectivity index (χ2n) is 4.47. The van der Waals surface area contributed by atoms with E-state index in [0.29, 0.717) is 12.5 Å². The first kappa shape index (κ1) is 20.5. The third-order valence-corrected chi connectivity index (χ3v) is 3.12. The number of benzene rings is 1. The van der Waals surface area contributed by atoms with Crippen molar-refractivity contribution in [2.45, 2.75) is 20.4 Å². The molecule has 0 spiro atoms. The SMILES string of the molecule is CCN(CC)C(N)=NCC(=O)NCc1ccc(OC)cc1.I. The Hall–Kier alpha value is -1.51. The van der Waals surface area contributed by atoms with Crippen LogP contribution in [0.1, 0.15) is 19.4 Å². The van der Waals surface area contributed by atoms with Crippen LogP contribution in [0.4, 0.5) is 0 Å². The maximum absolute atomic E-state index is 11.7. The molecule has 6 nitrogen and oxygen atoms in total. The molecule has 1 rings (SSSR count). The van der Waals surface area contributed by atoms with E-state index in [2.05, 4.69) is 10.3 Å². The molecule has 1 aromatic rings. The van der Waals surface area contributed by atoms with Crippen molar-refractivity contribution in [3.8, 4) is 5.75 Å². The van der Waals surface area contributed by atoms with Gasteiger partial charge in [0.25, 0.3) is 0 Å². The number of nitrogens with one attached hydrogen (secondary N) is 1. The van der Waals surface area contributed by atoms with Crippen molar-refractivity contribution in [1.82, 2.24) is 10.2 Å². The highest BCUT2D eigenvalue weighted by Crippen LogP contribution is 2.10. The number of nitrogens with two attached hydrogens (primary N) is 1. The summed E-state index contributed by atoms with van der Waals surface area (Å²) in [5.41, 5.74) is 6.81. The van der Waals surface area contributed by atoms with Crippen LogP contribution in [0.25, 0.3) is 0 Å². The third-order valence-electron chi connectivity index (χ3n) is 3.12. The van der Waals surface area contributed by atoms with Crippen molar-refractivity contribution < 1.29 is 9.53 Å². The number of ether oxygens (including phenoxy) is 1. The van der Waals surface area contributed by atoms with Gasteiger partial charge in [-0.15, -0.1) is 24.0 Å². The number of amides is 1. The van der Waals surface area contributed by atoms with Crippen molar-refractivity contribution in [2.75, 3.05) is 26.7 Å². The smallest absolute Gasteiger partial charge is 0.242 e. The molecule has 124 valence electrons. The second kappa shape index (κ2) is 11.1. The maximum Gasteiger partial charge on any atom is 0.242 e. The highest BCUT2D eigenvalue weighted by Gasteiger charge is 2.04. The number of halogens is 1.